The molecule has 1 aliphatic rings. The Labute approximate surface area is 109 Å². The molecule has 1 aromatic rings. The number of fused-ring (bicyclic) bond motifs is 1. The number of nitrogens with one attached hydrogen (secondary N) is 2. The van der Waals surface area contributed by atoms with Gasteiger partial charge in [0.25, 0.3) is 0 Å². The van der Waals surface area contributed by atoms with Gasteiger partial charge in [0, 0.05) is 18.7 Å². The molecular formula is C15H22N2O. The number of carbonyl (C=O) groups is 1. The first-order chi connectivity index (χ1) is 8.66. The minimum atomic E-state index is 0.127. The predicted molar refractivity (Wildman–Crippen MR) is 74.6 cm³/mol. The summed E-state index contributed by atoms with van der Waals surface area (Å²) >= 11 is 0. The number of hydrogen-bond acceptors (Lipinski definition) is 2. The second-order valence-electron chi connectivity index (χ2n) is 5.35. The molecule has 18 heavy (non-hydrogen) atoms. The van der Waals surface area contributed by atoms with E-state index in [0.29, 0.717) is 12.3 Å². The van der Waals surface area contributed by atoms with Crippen LogP contribution < -0.4 is 10.6 Å². The molecule has 1 heterocycles. The van der Waals surface area contributed by atoms with Crippen molar-refractivity contribution in [2.45, 2.75) is 39.7 Å². The zero-order valence-corrected chi connectivity index (χ0v) is 11.3. The topological polar surface area (TPSA) is 41.1 Å². The van der Waals surface area contributed by atoms with E-state index in [1.807, 2.05) is 12.1 Å². The summed E-state index contributed by atoms with van der Waals surface area (Å²) in [5.74, 6) is 0.699. The van der Waals surface area contributed by atoms with Crippen molar-refractivity contribution in [1.82, 2.24) is 5.32 Å². The Balaban J connectivity index is 2.03. The minimum absolute atomic E-state index is 0.127. The fraction of sp³-hybridized carbons (Fsp3) is 0.533. The highest BCUT2D eigenvalue weighted by atomic mass is 16.1. The van der Waals surface area contributed by atoms with Crippen LogP contribution in [0.5, 0.6) is 0 Å². The van der Waals surface area contributed by atoms with Gasteiger partial charge in [-0.05, 0) is 42.5 Å². The van der Waals surface area contributed by atoms with Gasteiger partial charge in [0.15, 0.2) is 0 Å². The van der Waals surface area contributed by atoms with E-state index in [4.69, 9.17) is 0 Å². The number of hydrogen-bond donors (Lipinski definition) is 2. The molecule has 98 valence electrons. The molecule has 3 heteroatoms. The Kier molecular flexibility index (Phi) is 4.37. The summed E-state index contributed by atoms with van der Waals surface area (Å²) < 4.78 is 0. The minimum Gasteiger partial charge on any atom is -0.326 e. The molecule has 2 rings (SSSR count). The standard InChI is InChI=1S/C15H22N2O/c1-11(2)6-7-15(18)17-14-5-3-4-12-8-9-16-10-13(12)14/h3-5,11,16H,6-10H2,1-2H3,(H,17,18). The number of anilines is 1. The van der Waals surface area contributed by atoms with Crippen LogP contribution in [0.1, 0.15) is 37.8 Å². The van der Waals surface area contributed by atoms with E-state index in [-0.39, 0.29) is 5.91 Å². The number of rotatable bonds is 4. The van der Waals surface area contributed by atoms with Crippen molar-refractivity contribution in [2.75, 3.05) is 11.9 Å². The molecule has 0 fully saturated rings. The first kappa shape index (κ1) is 13.1. The fourth-order valence-corrected chi connectivity index (χ4v) is 2.26. The van der Waals surface area contributed by atoms with Crippen molar-refractivity contribution in [2.24, 2.45) is 5.92 Å². The maximum absolute atomic E-state index is 11.9. The maximum atomic E-state index is 11.9. The van der Waals surface area contributed by atoms with E-state index in [9.17, 15) is 4.79 Å². The molecule has 0 aliphatic carbocycles. The molecule has 2 N–H and O–H groups in total. The highest BCUT2D eigenvalue weighted by Gasteiger charge is 2.13. The van der Waals surface area contributed by atoms with E-state index in [2.05, 4.69) is 30.5 Å². The molecule has 3 nitrogen and oxygen atoms in total. The summed E-state index contributed by atoms with van der Waals surface area (Å²) in [6, 6.07) is 6.18. The Morgan fingerprint density at radius 2 is 2.28 bits per heavy atom. The smallest absolute Gasteiger partial charge is 0.224 e. The number of carbonyl (C=O) groups excluding carboxylic acids is 1. The average molecular weight is 246 g/mol. The van der Waals surface area contributed by atoms with Gasteiger partial charge in [0.1, 0.15) is 0 Å². The van der Waals surface area contributed by atoms with E-state index in [1.54, 1.807) is 0 Å². The van der Waals surface area contributed by atoms with E-state index >= 15 is 0 Å². The zero-order chi connectivity index (χ0) is 13.0. The monoisotopic (exact) mass is 246 g/mol. The highest BCUT2D eigenvalue weighted by Crippen LogP contribution is 2.23. The predicted octanol–water partition coefficient (Wildman–Crippen LogP) is 2.71. The second-order valence-corrected chi connectivity index (χ2v) is 5.35. The quantitative estimate of drug-likeness (QED) is 0.857. The Morgan fingerprint density at radius 3 is 3.06 bits per heavy atom. The van der Waals surface area contributed by atoms with Gasteiger partial charge in [-0.2, -0.15) is 0 Å². The van der Waals surface area contributed by atoms with Crippen molar-refractivity contribution in [3.8, 4) is 0 Å². The van der Waals surface area contributed by atoms with Crippen LogP contribution in [-0.4, -0.2) is 12.5 Å². The van der Waals surface area contributed by atoms with Crippen molar-refractivity contribution in [3.05, 3.63) is 29.3 Å². The fourth-order valence-electron chi connectivity index (χ4n) is 2.26. The first-order valence-electron chi connectivity index (χ1n) is 6.78. The van der Waals surface area contributed by atoms with Crippen molar-refractivity contribution in [3.63, 3.8) is 0 Å². The van der Waals surface area contributed by atoms with Crippen LogP contribution in [0.15, 0.2) is 18.2 Å². The van der Waals surface area contributed by atoms with Gasteiger partial charge in [0.05, 0.1) is 0 Å². The summed E-state index contributed by atoms with van der Waals surface area (Å²) in [5.41, 5.74) is 3.59. The second kappa shape index (κ2) is 6.01. The lowest BCUT2D eigenvalue weighted by Gasteiger charge is -2.20. The van der Waals surface area contributed by atoms with Gasteiger partial charge in [-0.1, -0.05) is 26.0 Å². The molecule has 0 aromatic heterocycles. The van der Waals surface area contributed by atoms with E-state index in [0.717, 1.165) is 31.6 Å². The molecule has 1 amide bonds. The molecule has 1 aliphatic heterocycles. The largest absolute Gasteiger partial charge is 0.326 e. The van der Waals surface area contributed by atoms with Crippen LogP contribution in [0.2, 0.25) is 0 Å². The average Bonchev–Trinajstić information content (AvgIpc) is 2.37. The van der Waals surface area contributed by atoms with Gasteiger partial charge in [-0.25, -0.2) is 0 Å². The van der Waals surface area contributed by atoms with Crippen molar-refractivity contribution < 1.29 is 4.79 Å². The molecule has 0 saturated heterocycles. The normalized spacial score (nSPS) is 14.4. The lowest BCUT2D eigenvalue weighted by Crippen LogP contribution is -2.25. The van der Waals surface area contributed by atoms with Crippen LogP contribution in [0.3, 0.4) is 0 Å². The SMILES string of the molecule is CC(C)CCC(=O)Nc1cccc2c1CNCC2. The summed E-state index contributed by atoms with van der Waals surface area (Å²) in [5, 5.41) is 6.40. The van der Waals surface area contributed by atoms with Crippen molar-refractivity contribution in [1.29, 1.82) is 0 Å². The van der Waals surface area contributed by atoms with E-state index < -0.39 is 0 Å². The molecule has 1 aromatic carbocycles. The maximum Gasteiger partial charge on any atom is 0.224 e. The molecule has 0 spiro atoms. The summed E-state index contributed by atoms with van der Waals surface area (Å²) in [7, 11) is 0. The van der Waals surface area contributed by atoms with Gasteiger partial charge in [-0.15, -0.1) is 0 Å². The Bertz CT molecular complexity index is 427. The van der Waals surface area contributed by atoms with Crippen LogP contribution in [0, 0.1) is 5.92 Å². The molecular weight excluding hydrogens is 224 g/mol. The van der Waals surface area contributed by atoms with Crippen LogP contribution in [0.25, 0.3) is 0 Å². The van der Waals surface area contributed by atoms with Crippen molar-refractivity contribution >= 4 is 11.6 Å². The van der Waals surface area contributed by atoms with Gasteiger partial charge >= 0.3 is 0 Å². The van der Waals surface area contributed by atoms with Gasteiger partial charge in [-0.3, -0.25) is 4.79 Å². The van der Waals surface area contributed by atoms with E-state index in [1.165, 1.54) is 11.1 Å². The molecule has 0 radical (unpaired) electrons. The zero-order valence-electron chi connectivity index (χ0n) is 11.3. The molecule has 0 bridgehead atoms. The Hall–Kier alpha value is -1.35. The lowest BCUT2D eigenvalue weighted by molar-refractivity contribution is -0.116. The third kappa shape index (κ3) is 3.33. The summed E-state index contributed by atoms with van der Waals surface area (Å²) in [4.78, 5) is 11.9. The van der Waals surface area contributed by atoms with Crippen LogP contribution in [-0.2, 0) is 17.8 Å². The molecule has 0 atom stereocenters. The lowest BCUT2D eigenvalue weighted by atomic mass is 9.99. The number of amides is 1. The third-order valence-corrected chi connectivity index (χ3v) is 3.37. The third-order valence-electron chi connectivity index (χ3n) is 3.37. The van der Waals surface area contributed by atoms with Gasteiger partial charge in [0.2, 0.25) is 5.91 Å². The summed E-state index contributed by atoms with van der Waals surface area (Å²) in [6.07, 6.45) is 2.60. The summed E-state index contributed by atoms with van der Waals surface area (Å²) in [6.45, 7) is 6.16. The van der Waals surface area contributed by atoms with Crippen LogP contribution in [0.4, 0.5) is 5.69 Å². The number of benzene rings is 1. The highest BCUT2D eigenvalue weighted by molar-refractivity contribution is 5.91. The van der Waals surface area contributed by atoms with Gasteiger partial charge < -0.3 is 10.6 Å². The molecule has 0 saturated carbocycles. The van der Waals surface area contributed by atoms with Crippen LogP contribution >= 0.6 is 0 Å². The first-order valence-corrected chi connectivity index (χ1v) is 6.78. The molecule has 0 unspecified atom stereocenters. The Morgan fingerprint density at radius 1 is 1.44 bits per heavy atom.